The van der Waals surface area contributed by atoms with Gasteiger partial charge in [0.15, 0.2) is 0 Å². The van der Waals surface area contributed by atoms with Gasteiger partial charge in [0.25, 0.3) is 0 Å². The zero-order valence-corrected chi connectivity index (χ0v) is 18.9. The minimum atomic E-state index is -3.68. The summed E-state index contributed by atoms with van der Waals surface area (Å²) in [6.45, 7) is 8.77. The minimum absolute atomic E-state index is 0.0534. The molecule has 0 spiro atoms. The molecule has 156 valence electrons. The van der Waals surface area contributed by atoms with Gasteiger partial charge < -0.3 is 0 Å². The summed E-state index contributed by atoms with van der Waals surface area (Å²) in [5, 5.41) is 0. The Kier molecular flexibility index (Phi) is 6.31. The number of thiazole rings is 1. The van der Waals surface area contributed by atoms with Crippen LogP contribution in [0.1, 0.15) is 46.1 Å². The van der Waals surface area contributed by atoms with Crippen LogP contribution in [0.4, 0.5) is 0 Å². The summed E-state index contributed by atoms with van der Waals surface area (Å²) in [6, 6.07) is 14.8. The first-order chi connectivity index (χ1) is 13.6. The van der Waals surface area contributed by atoms with Crippen molar-refractivity contribution in [3.63, 3.8) is 0 Å². The van der Waals surface area contributed by atoms with Crippen LogP contribution in [-0.2, 0) is 22.0 Å². The lowest BCUT2D eigenvalue weighted by molar-refractivity contribution is 0.418. The number of nitrogens with zero attached hydrogens (tertiary/aromatic N) is 1. The third-order valence-corrected chi connectivity index (χ3v) is 7.65. The molecule has 3 aromatic rings. The Morgan fingerprint density at radius 2 is 1.83 bits per heavy atom. The van der Waals surface area contributed by atoms with Crippen molar-refractivity contribution >= 4 is 31.6 Å². The van der Waals surface area contributed by atoms with Crippen LogP contribution < -0.4 is 9.60 Å². The summed E-state index contributed by atoms with van der Waals surface area (Å²) in [5.74, 6) is 0. The van der Waals surface area contributed by atoms with E-state index in [9.17, 15) is 13.2 Å². The molecule has 0 saturated carbocycles. The summed E-state index contributed by atoms with van der Waals surface area (Å²) in [6.07, 6.45) is 1.51. The molecular formula is C22H28N2O3S2. The van der Waals surface area contributed by atoms with E-state index in [-0.39, 0.29) is 21.2 Å². The van der Waals surface area contributed by atoms with Gasteiger partial charge in [-0.3, -0.25) is 9.36 Å². The van der Waals surface area contributed by atoms with Crippen molar-refractivity contribution in [1.29, 1.82) is 0 Å². The van der Waals surface area contributed by atoms with Gasteiger partial charge >= 0.3 is 4.87 Å². The molecule has 0 saturated heterocycles. The highest BCUT2D eigenvalue weighted by molar-refractivity contribution is 7.89. The first-order valence-electron chi connectivity index (χ1n) is 9.85. The van der Waals surface area contributed by atoms with Crippen LogP contribution in [0.5, 0.6) is 0 Å². The molecule has 0 unspecified atom stereocenters. The van der Waals surface area contributed by atoms with Gasteiger partial charge in [-0.05, 0) is 48.9 Å². The Balaban J connectivity index is 1.81. The van der Waals surface area contributed by atoms with Crippen molar-refractivity contribution < 1.29 is 8.42 Å². The average Bonchev–Trinajstić information content (AvgIpc) is 2.96. The topological polar surface area (TPSA) is 68.2 Å². The molecule has 0 radical (unpaired) electrons. The third kappa shape index (κ3) is 4.79. The number of fused-ring (bicyclic) bond motifs is 1. The van der Waals surface area contributed by atoms with Gasteiger partial charge in [0, 0.05) is 12.6 Å². The van der Waals surface area contributed by atoms with E-state index in [4.69, 9.17) is 0 Å². The highest BCUT2D eigenvalue weighted by atomic mass is 32.2. The molecule has 29 heavy (non-hydrogen) atoms. The van der Waals surface area contributed by atoms with Gasteiger partial charge in [-0.2, -0.15) is 0 Å². The molecule has 1 aromatic heterocycles. The van der Waals surface area contributed by atoms with E-state index in [0.29, 0.717) is 17.7 Å². The molecule has 0 amide bonds. The molecule has 1 N–H and O–H groups in total. The van der Waals surface area contributed by atoms with Gasteiger partial charge in [-0.15, -0.1) is 0 Å². The maximum Gasteiger partial charge on any atom is 0.308 e. The summed E-state index contributed by atoms with van der Waals surface area (Å²) in [4.78, 5) is 12.3. The Hall–Kier alpha value is -1.96. The largest absolute Gasteiger partial charge is 0.308 e. The fourth-order valence-corrected chi connectivity index (χ4v) is 6.10. The number of benzene rings is 2. The molecule has 0 aliphatic rings. The van der Waals surface area contributed by atoms with Crippen LogP contribution in [0.3, 0.4) is 0 Å². The van der Waals surface area contributed by atoms with Gasteiger partial charge in [0.1, 0.15) is 0 Å². The minimum Gasteiger partial charge on any atom is -0.299 e. The molecule has 0 aliphatic carbocycles. The zero-order valence-electron chi connectivity index (χ0n) is 17.3. The van der Waals surface area contributed by atoms with Crippen molar-refractivity contribution in [2.75, 3.05) is 0 Å². The second-order valence-corrected chi connectivity index (χ2v) is 10.8. The molecular weight excluding hydrogens is 404 g/mol. The number of sulfonamides is 1. The Morgan fingerprint density at radius 3 is 2.48 bits per heavy atom. The van der Waals surface area contributed by atoms with Crippen LogP contribution in [-0.4, -0.2) is 19.0 Å². The monoisotopic (exact) mass is 432 g/mol. The van der Waals surface area contributed by atoms with Gasteiger partial charge in [-0.1, -0.05) is 62.4 Å². The molecule has 0 fully saturated rings. The lowest BCUT2D eigenvalue weighted by atomic mass is 9.79. The van der Waals surface area contributed by atoms with Crippen molar-refractivity contribution in [1.82, 2.24) is 9.29 Å². The van der Waals surface area contributed by atoms with E-state index in [1.807, 2.05) is 32.0 Å². The second kappa shape index (κ2) is 8.42. The van der Waals surface area contributed by atoms with Crippen LogP contribution in [0.25, 0.3) is 10.2 Å². The Bertz CT molecular complexity index is 1150. The lowest BCUT2D eigenvalue weighted by Gasteiger charge is -2.29. The van der Waals surface area contributed by atoms with E-state index >= 15 is 0 Å². The van der Waals surface area contributed by atoms with Crippen molar-refractivity contribution in [2.45, 2.75) is 63.4 Å². The number of aryl methyl sites for hydroxylation is 1. The number of rotatable bonds is 8. The highest BCUT2D eigenvalue weighted by Crippen LogP contribution is 2.29. The fourth-order valence-electron chi connectivity index (χ4n) is 3.80. The molecule has 1 atom stereocenters. The van der Waals surface area contributed by atoms with Gasteiger partial charge in [0.05, 0.1) is 15.1 Å². The normalized spacial score (nSPS) is 13.7. The number of hydrogen-bond donors (Lipinski definition) is 1. The summed E-state index contributed by atoms with van der Waals surface area (Å²) < 4.78 is 31.1. The fraction of sp³-hybridized carbons (Fsp3) is 0.409. The van der Waals surface area contributed by atoms with Crippen molar-refractivity contribution in [3.8, 4) is 0 Å². The van der Waals surface area contributed by atoms with Crippen LogP contribution in [0.2, 0.25) is 0 Å². The van der Waals surface area contributed by atoms with E-state index in [0.717, 1.165) is 23.3 Å². The standard InChI is InChI=1S/C22H28N2O3S2/c1-5-13-24-19-12-11-18(14-20(19)28-21(24)25)29(26,27)23-16(2)15-22(3,4)17-9-7-6-8-10-17/h6-12,14,16,23H,5,13,15H2,1-4H3/t16-/m1/s1. The van der Waals surface area contributed by atoms with E-state index in [1.54, 1.807) is 22.8 Å². The number of nitrogens with one attached hydrogen (secondary N) is 1. The average molecular weight is 433 g/mol. The molecule has 5 nitrogen and oxygen atoms in total. The molecule has 1 heterocycles. The predicted octanol–water partition coefficient (Wildman–Crippen LogP) is 4.51. The van der Waals surface area contributed by atoms with E-state index in [1.165, 1.54) is 5.56 Å². The Morgan fingerprint density at radius 1 is 1.14 bits per heavy atom. The number of aromatic nitrogens is 1. The van der Waals surface area contributed by atoms with Gasteiger partial charge in [-0.25, -0.2) is 13.1 Å². The second-order valence-electron chi connectivity index (χ2n) is 8.13. The molecule has 3 rings (SSSR count). The SMILES string of the molecule is CCCn1c(=O)sc2cc(S(=O)(=O)N[C@H](C)CC(C)(C)c3ccccc3)ccc21. The highest BCUT2D eigenvalue weighted by Gasteiger charge is 2.26. The first-order valence-corrected chi connectivity index (χ1v) is 12.2. The molecule has 2 aromatic carbocycles. The molecule has 7 heteroatoms. The van der Waals surface area contributed by atoms with Crippen LogP contribution in [0, 0.1) is 0 Å². The summed E-state index contributed by atoms with van der Waals surface area (Å²) >= 11 is 1.09. The predicted molar refractivity (Wildman–Crippen MR) is 120 cm³/mol. The van der Waals surface area contributed by atoms with Crippen LogP contribution >= 0.6 is 11.3 Å². The van der Waals surface area contributed by atoms with Crippen molar-refractivity contribution in [3.05, 3.63) is 63.8 Å². The Labute approximate surface area is 176 Å². The van der Waals surface area contributed by atoms with Crippen molar-refractivity contribution in [2.24, 2.45) is 0 Å². The maximum absolute atomic E-state index is 12.9. The zero-order chi connectivity index (χ0) is 21.2. The summed E-state index contributed by atoms with van der Waals surface area (Å²) in [5.41, 5.74) is 1.80. The third-order valence-electron chi connectivity index (χ3n) is 5.13. The first kappa shape index (κ1) is 21.7. The number of hydrogen-bond acceptors (Lipinski definition) is 4. The smallest absolute Gasteiger partial charge is 0.299 e. The lowest BCUT2D eigenvalue weighted by Crippen LogP contribution is -2.37. The van der Waals surface area contributed by atoms with E-state index in [2.05, 4.69) is 30.7 Å². The van der Waals surface area contributed by atoms with Crippen LogP contribution in [0.15, 0.2) is 58.2 Å². The van der Waals surface area contributed by atoms with E-state index < -0.39 is 10.0 Å². The van der Waals surface area contributed by atoms with Gasteiger partial charge in [0.2, 0.25) is 10.0 Å². The molecule has 0 bridgehead atoms. The summed E-state index contributed by atoms with van der Waals surface area (Å²) in [7, 11) is -3.68. The maximum atomic E-state index is 12.9. The molecule has 0 aliphatic heterocycles. The quantitative estimate of drug-likeness (QED) is 0.569.